The monoisotopic (exact) mass is 1030 g/mol. The minimum atomic E-state index is -2.20. The number of alkyl halides is 1. The summed E-state index contributed by atoms with van der Waals surface area (Å²) < 4.78 is 51.6. The molecule has 30 heteroatoms. The maximum absolute atomic E-state index is 12.6. The third-order valence-corrected chi connectivity index (χ3v) is 12.1. The van der Waals surface area contributed by atoms with Crippen molar-refractivity contribution in [3.8, 4) is 0 Å². The van der Waals surface area contributed by atoms with E-state index in [0.29, 0.717) is 0 Å². The molecular formula is C36H60BrN3O26. The smallest absolute Gasteiger partial charge is 0.232 e. The molecule has 5 saturated heterocycles. The largest absolute Gasteiger partial charge is 0.394 e. The second-order valence-corrected chi connectivity index (χ2v) is 16.8. The Hall–Kier alpha value is -2.03. The van der Waals surface area contributed by atoms with E-state index in [4.69, 9.17) is 42.6 Å². The van der Waals surface area contributed by atoms with Gasteiger partial charge in [0, 0.05) is 13.8 Å². The summed E-state index contributed by atoms with van der Waals surface area (Å²) in [6, 6.07) is -3.11. The summed E-state index contributed by atoms with van der Waals surface area (Å²) in [4.78, 5) is 36.9. The molecule has 0 saturated carbocycles. The zero-order chi connectivity index (χ0) is 48.9. The van der Waals surface area contributed by atoms with E-state index < -0.39 is 204 Å². The van der Waals surface area contributed by atoms with Crippen LogP contribution in [0.4, 0.5) is 0 Å². The topological polar surface area (TPSA) is 454 Å². The lowest BCUT2D eigenvalue weighted by Crippen LogP contribution is -2.71. The fourth-order valence-electron chi connectivity index (χ4n) is 8.08. The number of hydrogen-bond acceptors (Lipinski definition) is 26. The number of ether oxygens (including phenoxy) is 9. The van der Waals surface area contributed by atoms with Gasteiger partial charge in [0.2, 0.25) is 17.7 Å². The molecule has 0 aliphatic carbocycles. The van der Waals surface area contributed by atoms with Crippen LogP contribution in [0.5, 0.6) is 0 Å². The number of carbonyl (C=O) groups excluding carboxylic acids is 3. The molecule has 0 spiro atoms. The Labute approximate surface area is 383 Å². The van der Waals surface area contributed by atoms with E-state index in [1.165, 1.54) is 0 Å². The summed E-state index contributed by atoms with van der Waals surface area (Å²) in [7, 11) is 0. The number of hydrogen-bond donors (Lipinski definition) is 17. The summed E-state index contributed by atoms with van der Waals surface area (Å²) in [5.41, 5.74) is 0. The summed E-state index contributed by atoms with van der Waals surface area (Å²) in [6.07, 6.45) is -42.0. The third kappa shape index (κ3) is 12.3. The molecule has 0 aromatic heterocycles. The van der Waals surface area contributed by atoms with E-state index in [-0.39, 0.29) is 5.33 Å². The first-order chi connectivity index (χ1) is 31.2. The number of aliphatic hydroxyl groups excluding tert-OH is 14. The summed E-state index contributed by atoms with van der Waals surface area (Å²) >= 11 is 2.98. The average molecular weight is 1030 g/mol. The van der Waals surface area contributed by atoms with Crippen LogP contribution < -0.4 is 16.0 Å². The summed E-state index contributed by atoms with van der Waals surface area (Å²) in [5, 5.41) is 156. The van der Waals surface area contributed by atoms with E-state index in [2.05, 4.69) is 31.9 Å². The first kappa shape index (κ1) is 54.9. The highest BCUT2D eigenvalue weighted by Gasteiger charge is 2.56. The molecule has 66 heavy (non-hydrogen) atoms. The highest BCUT2D eigenvalue weighted by Crippen LogP contribution is 2.35. The lowest BCUT2D eigenvalue weighted by Gasteiger charge is -2.50. The van der Waals surface area contributed by atoms with Crippen molar-refractivity contribution < 1.29 is 129 Å². The number of rotatable bonds is 17. The predicted octanol–water partition coefficient (Wildman–Crippen LogP) is -11.1. The molecule has 0 bridgehead atoms. The highest BCUT2D eigenvalue weighted by molar-refractivity contribution is 9.09. The van der Waals surface area contributed by atoms with E-state index in [1.54, 1.807) is 0 Å². The quantitative estimate of drug-likeness (QED) is 0.0602. The molecule has 5 aliphatic rings. The standard InChI is InChI=1S/C36H60BrN3O26/c1-9(45)38-17-22(51)29(13(6-43)59-32(17)40-16(47)3-37)64-33-18(39-10(2)46)23(52)30(14(7-44)62-33)65-36-28(57)31(66-35-27(56)25(54)20(49)12(5-42)61-35)21(50)15(63-36)8-58-34-26(55)24(53)19(48)11(4-41)60-34/h11-15,17-36,41-44,48-57H,3-8H2,1-2H3,(H,38,45)(H,39,46)(H,40,47)/t11?,12-,13?,14?,15?,17+,18+,19-,20-,21-,22-,23-,24+,25?,26-,27?,28-,29-,30-,31?,32-,33+,34+,35-,36+/m1/s1. The van der Waals surface area contributed by atoms with Crippen molar-refractivity contribution in [1.29, 1.82) is 0 Å². The Morgan fingerprint density at radius 1 is 0.455 bits per heavy atom. The number of carbonyl (C=O) groups is 3. The SMILES string of the molecule is CC(=O)N[C@@H]1[C@H](O[C@@H]2C(CO)O[C@@H](NC(=O)CBr)[C@@H](NC(C)=O)[C@H]2O)OC(CO)[C@@H](O[C@@H]2OC(CO[C@H]3OC(CO)[C@@H](O)[C@H](O)[C@H]3O)[C@@H](O)C(O[C@H]3O[C@H](CO)[C@@H](O)C(O)C3O)[C@H]2O)[C@@H]1O. The Balaban J connectivity index is 1.42. The second kappa shape index (κ2) is 24.2. The maximum Gasteiger partial charge on any atom is 0.232 e. The van der Waals surface area contributed by atoms with Gasteiger partial charge in [0.1, 0.15) is 122 Å². The van der Waals surface area contributed by atoms with Crippen LogP contribution in [0.1, 0.15) is 13.8 Å². The lowest BCUT2D eigenvalue weighted by molar-refractivity contribution is -0.383. The van der Waals surface area contributed by atoms with Crippen LogP contribution in [0.2, 0.25) is 0 Å². The Kier molecular flexibility index (Phi) is 20.1. The van der Waals surface area contributed by atoms with Gasteiger partial charge in [-0.15, -0.1) is 0 Å². The van der Waals surface area contributed by atoms with Crippen molar-refractivity contribution in [1.82, 2.24) is 16.0 Å². The highest BCUT2D eigenvalue weighted by atomic mass is 79.9. The fraction of sp³-hybridized carbons (Fsp3) is 0.917. The molecule has 29 nitrogen and oxygen atoms in total. The van der Waals surface area contributed by atoms with Crippen LogP contribution in [-0.2, 0) is 57.0 Å². The fourth-order valence-corrected chi connectivity index (χ4v) is 8.24. The first-order valence-electron chi connectivity index (χ1n) is 20.7. The zero-order valence-electron chi connectivity index (χ0n) is 35.2. The van der Waals surface area contributed by atoms with E-state index in [1.807, 2.05) is 0 Å². The predicted molar refractivity (Wildman–Crippen MR) is 209 cm³/mol. The van der Waals surface area contributed by atoms with Crippen LogP contribution in [-0.4, -0.2) is 281 Å². The summed E-state index contributed by atoms with van der Waals surface area (Å²) in [6.45, 7) is -2.31. The molecule has 5 rings (SSSR count). The number of nitrogens with one attached hydrogen (secondary N) is 3. The molecule has 7 unspecified atom stereocenters. The molecule has 5 aliphatic heterocycles. The minimum Gasteiger partial charge on any atom is -0.394 e. The normalized spacial score (nSPS) is 46.6. The van der Waals surface area contributed by atoms with Crippen LogP contribution in [0.15, 0.2) is 0 Å². The van der Waals surface area contributed by atoms with Gasteiger partial charge < -0.3 is 130 Å². The molecule has 3 amide bonds. The zero-order valence-corrected chi connectivity index (χ0v) is 36.8. The van der Waals surface area contributed by atoms with Gasteiger partial charge in [-0.25, -0.2) is 0 Å². The van der Waals surface area contributed by atoms with Crippen molar-refractivity contribution >= 4 is 33.7 Å². The van der Waals surface area contributed by atoms with Crippen molar-refractivity contribution in [2.24, 2.45) is 0 Å². The Bertz CT molecular complexity index is 1580. The van der Waals surface area contributed by atoms with Gasteiger partial charge in [-0.05, 0) is 0 Å². The van der Waals surface area contributed by atoms with Crippen LogP contribution >= 0.6 is 15.9 Å². The van der Waals surface area contributed by atoms with E-state index >= 15 is 0 Å². The van der Waals surface area contributed by atoms with Crippen LogP contribution in [0.3, 0.4) is 0 Å². The maximum atomic E-state index is 12.6. The van der Waals surface area contributed by atoms with Crippen LogP contribution in [0, 0.1) is 0 Å². The molecule has 0 aromatic carbocycles. The van der Waals surface area contributed by atoms with E-state index in [0.717, 1.165) is 13.8 Å². The lowest BCUT2D eigenvalue weighted by atomic mass is 9.93. The van der Waals surface area contributed by atoms with Crippen molar-refractivity contribution in [3.63, 3.8) is 0 Å². The van der Waals surface area contributed by atoms with Crippen molar-refractivity contribution in [3.05, 3.63) is 0 Å². The Morgan fingerprint density at radius 2 is 0.879 bits per heavy atom. The first-order valence-corrected chi connectivity index (χ1v) is 21.8. The second-order valence-electron chi connectivity index (χ2n) is 16.2. The molecule has 25 atom stereocenters. The molecule has 0 aromatic rings. The van der Waals surface area contributed by atoms with Crippen molar-refractivity contribution in [2.45, 2.75) is 167 Å². The molecular weight excluding hydrogens is 970 g/mol. The third-order valence-electron chi connectivity index (χ3n) is 11.6. The average Bonchev–Trinajstić information content (AvgIpc) is 3.28. The molecule has 5 heterocycles. The number of amides is 3. The van der Waals surface area contributed by atoms with Gasteiger partial charge in [-0.2, -0.15) is 0 Å². The van der Waals surface area contributed by atoms with Gasteiger partial charge >= 0.3 is 0 Å². The van der Waals surface area contributed by atoms with Crippen LogP contribution in [0.25, 0.3) is 0 Å². The molecule has 5 fully saturated rings. The minimum absolute atomic E-state index is 0.205. The molecule has 17 N–H and O–H groups in total. The molecule has 0 radical (unpaired) electrons. The number of halogens is 1. The van der Waals surface area contributed by atoms with Gasteiger partial charge in [-0.1, -0.05) is 15.9 Å². The van der Waals surface area contributed by atoms with Crippen molar-refractivity contribution in [2.75, 3.05) is 38.4 Å². The Morgan fingerprint density at radius 3 is 1.41 bits per heavy atom. The number of aliphatic hydroxyl groups is 14. The molecule has 382 valence electrons. The summed E-state index contributed by atoms with van der Waals surface area (Å²) in [5.74, 6) is -2.10. The van der Waals surface area contributed by atoms with Gasteiger partial charge in [0.05, 0.1) is 38.4 Å². The van der Waals surface area contributed by atoms with E-state index in [9.17, 15) is 85.9 Å². The van der Waals surface area contributed by atoms with Gasteiger partial charge in [0.25, 0.3) is 0 Å². The van der Waals surface area contributed by atoms with Gasteiger partial charge in [-0.3, -0.25) is 14.4 Å². The van der Waals surface area contributed by atoms with Gasteiger partial charge in [0.15, 0.2) is 31.4 Å².